The zero-order chi connectivity index (χ0) is 27.6. The molecule has 38 heavy (non-hydrogen) atoms. The molecule has 4 rings (SSSR count). The first-order valence-electron chi connectivity index (χ1n) is 12.7. The standard InChI is InChI=1S/C27H35N3O7S/c1-17-14-30(18(2)16-31)27(33)22-6-5-7-23(28-26(32)19-8-9-19)25(22)37-24(17)15-29(3)38(34,35)21-12-10-20(36-4)11-13-21/h5-7,10-13,17-19,24,31H,8-9,14-16H2,1-4H3,(H,28,32)/t17-,18-,24-/m0/s1. The summed E-state index contributed by atoms with van der Waals surface area (Å²) in [5.74, 6) is -0.0788. The molecule has 0 spiro atoms. The fourth-order valence-corrected chi connectivity index (χ4v) is 5.60. The number of fused-ring (bicyclic) bond motifs is 1. The van der Waals surface area contributed by atoms with Gasteiger partial charge < -0.3 is 24.8 Å². The number of likely N-dealkylation sites (N-methyl/N-ethyl adjacent to an activating group) is 1. The van der Waals surface area contributed by atoms with Crippen LogP contribution < -0.4 is 14.8 Å². The maximum absolute atomic E-state index is 13.6. The number of hydrogen-bond acceptors (Lipinski definition) is 7. The molecule has 11 heteroatoms. The van der Waals surface area contributed by atoms with E-state index in [1.165, 1.54) is 30.6 Å². The van der Waals surface area contributed by atoms with Gasteiger partial charge in [-0.15, -0.1) is 0 Å². The van der Waals surface area contributed by atoms with Crippen LogP contribution in [-0.4, -0.2) is 80.5 Å². The number of sulfonamides is 1. The van der Waals surface area contributed by atoms with Crippen LogP contribution in [0.25, 0.3) is 0 Å². The summed E-state index contributed by atoms with van der Waals surface area (Å²) in [7, 11) is -0.866. The lowest BCUT2D eigenvalue weighted by atomic mass is 9.99. The molecular weight excluding hydrogens is 510 g/mol. The summed E-state index contributed by atoms with van der Waals surface area (Å²) in [6.07, 6.45) is 0.971. The van der Waals surface area contributed by atoms with Crippen LogP contribution in [0.15, 0.2) is 47.4 Å². The van der Waals surface area contributed by atoms with Gasteiger partial charge in [-0.25, -0.2) is 8.42 Å². The van der Waals surface area contributed by atoms with Crippen molar-refractivity contribution in [1.29, 1.82) is 0 Å². The maximum Gasteiger partial charge on any atom is 0.258 e. The number of hydrogen-bond donors (Lipinski definition) is 2. The van der Waals surface area contributed by atoms with Crippen LogP contribution in [0.2, 0.25) is 0 Å². The Labute approximate surface area is 223 Å². The lowest BCUT2D eigenvalue weighted by Gasteiger charge is -2.38. The van der Waals surface area contributed by atoms with Crippen LogP contribution in [0.3, 0.4) is 0 Å². The van der Waals surface area contributed by atoms with Gasteiger partial charge in [-0.3, -0.25) is 9.59 Å². The summed E-state index contributed by atoms with van der Waals surface area (Å²) in [4.78, 5) is 27.8. The van der Waals surface area contributed by atoms with E-state index in [-0.39, 0.29) is 59.6 Å². The smallest absolute Gasteiger partial charge is 0.258 e. The molecule has 2 aromatic rings. The van der Waals surface area contributed by atoms with Crippen LogP contribution in [0.1, 0.15) is 37.0 Å². The van der Waals surface area contributed by atoms with Crippen LogP contribution in [0.5, 0.6) is 11.5 Å². The van der Waals surface area contributed by atoms with Gasteiger partial charge in [0.05, 0.1) is 42.4 Å². The molecule has 2 aliphatic rings. The Bertz CT molecular complexity index is 1280. The quantitative estimate of drug-likeness (QED) is 0.496. The van der Waals surface area contributed by atoms with Gasteiger partial charge in [0, 0.05) is 25.4 Å². The molecular formula is C27H35N3O7S. The second-order valence-corrected chi connectivity index (χ2v) is 12.1. The highest BCUT2D eigenvalue weighted by Gasteiger charge is 2.37. The second kappa shape index (κ2) is 11.3. The lowest BCUT2D eigenvalue weighted by molar-refractivity contribution is -0.117. The summed E-state index contributed by atoms with van der Waals surface area (Å²) >= 11 is 0. The Morgan fingerprint density at radius 3 is 2.53 bits per heavy atom. The minimum absolute atomic E-state index is 0.00455. The number of anilines is 1. The first-order chi connectivity index (χ1) is 18.1. The summed E-state index contributed by atoms with van der Waals surface area (Å²) in [6.45, 7) is 3.64. The molecule has 10 nitrogen and oxygen atoms in total. The fourth-order valence-electron chi connectivity index (χ4n) is 4.42. The van der Waals surface area contributed by atoms with E-state index in [9.17, 15) is 23.1 Å². The molecule has 0 unspecified atom stereocenters. The number of carbonyl (C=O) groups excluding carboxylic acids is 2. The monoisotopic (exact) mass is 545 g/mol. The topological polar surface area (TPSA) is 125 Å². The average molecular weight is 546 g/mol. The number of aliphatic hydroxyl groups is 1. The van der Waals surface area contributed by atoms with Crippen LogP contribution in [0.4, 0.5) is 5.69 Å². The van der Waals surface area contributed by atoms with Gasteiger partial charge in [0.1, 0.15) is 11.9 Å². The molecule has 2 aromatic carbocycles. The van der Waals surface area contributed by atoms with Gasteiger partial charge in [-0.05, 0) is 56.2 Å². The molecule has 1 aliphatic carbocycles. The van der Waals surface area contributed by atoms with Crippen LogP contribution in [-0.2, 0) is 14.8 Å². The Balaban J connectivity index is 1.68. The van der Waals surface area contributed by atoms with Gasteiger partial charge >= 0.3 is 0 Å². The summed E-state index contributed by atoms with van der Waals surface area (Å²) < 4.78 is 39.5. The molecule has 2 amide bonds. The van der Waals surface area contributed by atoms with E-state index in [2.05, 4.69) is 5.32 Å². The van der Waals surface area contributed by atoms with Crippen molar-refractivity contribution in [3.05, 3.63) is 48.0 Å². The third-order valence-corrected chi connectivity index (χ3v) is 8.94. The Morgan fingerprint density at radius 1 is 1.24 bits per heavy atom. The molecule has 0 bridgehead atoms. The SMILES string of the molecule is COc1ccc(S(=O)(=O)N(C)C[C@@H]2Oc3c(NC(=O)C4CC4)cccc3C(=O)N([C@@H](C)CO)C[C@@H]2C)cc1. The number of benzene rings is 2. The Kier molecular flexibility index (Phi) is 8.29. The van der Waals surface area contributed by atoms with E-state index in [1.54, 1.807) is 42.2 Å². The largest absolute Gasteiger partial charge is 0.497 e. The van der Waals surface area contributed by atoms with Crippen LogP contribution >= 0.6 is 0 Å². The first-order valence-corrected chi connectivity index (χ1v) is 14.1. The van der Waals surface area contributed by atoms with Gasteiger partial charge in [0.15, 0.2) is 5.75 Å². The van der Waals surface area contributed by atoms with E-state index in [1.807, 2.05) is 6.92 Å². The highest BCUT2D eigenvalue weighted by Crippen LogP contribution is 2.37. The van der Waals surface area contributed by atoms with E-state index in [0.717, 1.165) is 12.8 Å². The highest BCUT2D eigenvalue weighted by atomic mass is 32.2. The minimum atomic E-state index is -3.86. The number of aliphatic hydroxyl groups excluding tert-OH is 1. The van der Waals surface area contributed by atoms with Crippen molar-refractivity contribution in [3.63, 3.8) is 0 Å². The summed E-state index contributed by atoms with van der Waals surface area (Å²) in [5, 5.41) is 12.7. The van der Waals surface area contributed by atoms with Crippen LogP contribution in [0, 0.1) is 11.8 Å². The average Bonchev–Trinajstić information content (AvgIpc) is 3.76. The number of ether oxygens (including phenoxy) is 2. The van der Waals surface area contributed by atoms with E-state index < -0.39 is 22.2 Å². The number of para-hydroxylation sites is 1. The van der Waals surface area contributed by atoms with Gasteiger partial charge in [-0.2, -0.15) is 4.31 Å². The molecule has 0 aromatic heterocycles. The zero-order valence-corrected chi connectivity index (χ0v) is 22.9. The van der Waals surface area contributed by atoms with Crippen molar-refractivity contribution in [2.75, 3.05) is 39.2 Å². The number of methoxy groups -OCH3 is 1. The minimum Gasteiger partial charge on any atom is -0.497 e. The molecule has 1 fully saturated rings. The third-order valence-electron chi connectivity index (χ3n) is 7.10. The number of nitrogens with zero attached hydrogens (tertiary/aromatic N) is 2. The molecule has 0 radical (unpaired) electrons. The fraction of sp³-hybridized carbons (Fsp3) is 0.481. The number of carbonyl (C=O) groups is 2. The molecule has 1 heterocycles. The Hall–Kier alpha value is -3.15. The molecule has 1 saturated carbocycles. The lowest BCUT2D eigenvalue weighted by Crippen LogP contribution is -2.50. The molecule has 0 saturated heterocycles. The van der Waals surface area contributed by atoms with Gasteiger partial charge in [-0.1, -0.05) is 13.0 Å². The normalized spacial score (nSPS) is 20.7. The first kappa shape index (κ1) is 27.9. The maximum atomic E-state index is 13.6. The summed E-state index contributed by atoms with van der Waals surface area (Å²) in [6, 6.07) is 10.6. The molecule has 2 N–H and O–H groups in total. The molecule has 3 atom stereocenters. The second-order valence-electron chi connectivity index (χ2n) is 10.0. The van der Waals surface area contributed by atoms with Crippen molar-refractivity contribution < 1.29 is 32.6 Å². The highest BCUT2D eigenvalue weighted by molar-refractivity contribution is 7.89. The zero-order valence-electron chi connectivity index (χ0n) is 22.1. The third kappa shape index (κ3) is 5.79. The number of nitrogens with one attached hydrogen (secondary N) is 1. The van der Waals surface area contributed by atoms with Crippen molar-refractivity contribution in [1.82, 2.24) is 9.21 Å². The predicted octanol–water partition coefficient (Wildman–Crippen LogP) is 2.58. The van der Waals surface area contributed by atoms with Gasteiger partial charge in [0.25, 0.3) is 5.91 Å². The van der Waals surface area contributed by atoms with E-state index >= 15 is 0 Å². The molecule has 206 valence electrons. The predicted molar refractivity (Wildman–Crippen MR) is 142 cm³/mol. The number of rotatable bonds is 9. The Morgan fingerprint density at radius 2 is 1.92 bits per heavy atom. The van der Waals surface area contributed by atoms with Crippen molar-refractivity contribution >= 4 is 27.5 Å². The van der Waals surface area contributed by atoms with Crippen molar-refractivity contribution in [3.8, 4) is 11.5 Å². The number of amides is 2. The van der Waals surface area contributed by atoms with Gasteiger partial charge in [0.2, 0.25) is 15.9 Å². The van der Waals surface area contributed by atoms with Crippen molar-refractivity contribution in [2.24, 2.45) is 11.8 Å². The molecule has 1 aliphatic heterocycles. The summed E-state index contributed by atoms with van der Waals surface area (Å²) in [5.41, 5.74) is 0.612. The van der Waals surface area contributed by atoms with Crippen molar-refractivity contribution in [2.45, 2.75) is 43.7 Å². The van der Waals surface area contributed by atoms with E-state index in [0.29, 0.717) is 11.4 Å². The van der Waals surface area contributed by atoms with E-state index in [4.69, 9.17) is 9.47 Å².